The molecule has 21 heavy (non-hydrogen) atoms. The molecule has 0 radical (unpaired) electrons. The minimum atomic E-state index is -0.614. The van der Waals surface area contributed by atoms with Crippen LogP contribution in [0, 0.1) is 19.8 Å². The number of rotatable bonds is 2. The Kier molecular flexibility index (Phi) is 4.96. The number of benzene rings is 1. The Morgan fingerprint density at radius 2 is 2.10 bits per heavy atom. The maximum absolute atomic E-state index is 12.1. The molecule has 0 aliphatic carbocycles. The smallest absolute Gasteiger partial charge is 0.313 e. The van der Waals surface area contributed by atoms with Gasteiger partial charge < -0.3 is 15.3 Å². The monoisotopic (exact) mass is 290 g/mol. The molecular formula is C16H22N2O3. The van der Waals surface area contributed by atoms with E-state index in [0.717, 1.165) is 24.0 Å². The molecule has 2 N–H and O–H groups in total. The molecule has 1 fully saturated rings. The molecule has 1 heterocycles. The van der Waals surface area contributed by atoms with Crippen LogP contribution in [-0.4, -0.2) is 41.5 Å². The number of carbonyl (C=O) groups excluding carboxylic acids is 2. The standard InChI is InChI=1S/C16H22N2O3/c1-11-5-6-14(8-12(11)2)17-15(20)16(21)18-7-3-4-13(9-18)10-19/h5-6,8,13,19H,3-4,7,9-10H2,1-2H3,(H,17,20). The summed E-state index contributed by atoms with van der Waals surface area (Å²) in [5.74, 6) is -1.06. The van der Waals surface area contributed by atoms with E-state index < -0.39 is 11.8 Å². The van der Waals surface area contributed by atoms with Crippen molar-refractivity contribution in [2.75, 3.05) is 25.0 Å². The van der Waals surface area contributed by atoms with Crippen LogP contribution in [0.5, 0.6) is 0 Å². The fourth-order valence-electron chi connectivity index (χ4n) is 2.55. The third-order valence-electron chi connectivity index (χ3n) is 4.02. The molecule has 0 bridgehead atoms. The number of nitrogens with zero attached hydrogens (tertiary/aromatic N) is 1. The van der Waals surface area contributed by atoms with Crippen LogP contribution in [0.25, 0.3) is 0 Å². The second-order valence-electron chi connectivity index (χ2n) is 5.70. The minimum absolute atomic E-state index is 0.0581. The first-order valence-corrected chi connectivity index (χ1v) is 7.29. The summed E-state index contributed by atoms with van der Waals surface area (Å²) < 4.78 is 0. The first-order valence-electron chi connectivity index (χ1n) is 7.29. The molecule has 1 aliphatic rings. The SMILES string of the molecule is Cc1ccc(NC(=O)C(=O)N2CCCC(CO)C2)cc1C. The van der Waals surface area contributed by atoms with Crippen molar-refractivity contribution in [3.63, 3.8) is 0 Å². The number of aliphatic hydroxyl groups is 1. The minimum Gasteiger partial charge on any atom is -0.396 e. The summed E-state index contributed by atoms with van der Waals surface area (Å²) in [4.78, 5) is 25.7. The summed E-state index contributed by atoms with van der Waals surface area (Å²) in [6, 6.07) is 5.56. The normalized spacial score (nSPS) is 18.4. The maximum Gasteiger partial charge on any atom is 0.313 e. The number of piperidine rings is 1. The fraction of sp³-hybridized carbons (Fsp3) is 0.500. The van der Waals surface area contributed by atoms with E-state index in [1.165, 1.54) is 4.90 Å². The van der Waals surface area contributed by atoms with Crippen LogP contribution >= 0.6 is 0 Å². The van der Waals surface area contributed by atoms with E-state index in [0.29, 0.717) is 18.8 Å². The van der Waals surface area contributed by atoms with Crippen molar-refractivity contribution in [2.45, 2.75) is 26.7 Å². The number of nitrogens with one attached hydrogen (secondary N) is 1. The average molecular weight is 290 g/mol. The molecule has 1 saturated heterocycles. The topological polar surface area (TPSA) is 69.6 Å². The van der Waals surface area contributed by atoms with E-state index in [2.05, 4.69) is 5.32 Å². The largest absolute Gasteiger partial charge is 0.396 e. The Morgan fingerprint density at radius 3 is 2.76 bits per heavy atom. The Bertz CT molecular complexity index is 542. The predicted molar refractivity (Wildman–Crippen MR) is 80.9 cm³/mol. The van der Waals surface area contributed by atoms with Crippen molar-refractivity contribution in [2.24, 2.45) is 5.92 Å². The lowest BCUT2D eigenvalue weighted by Crippen LogP contribution is -2.45. The van der Waals surface area contributed by atoms with Gasteiger partial charge in [0.2, 0.25) is 0 Å². The zero-order chi connectivity index (χ0) is 15.4. The number of hydrogen-bond acceptors (Lipinski definition) is 3. The van der Waals surface area contributed by atoms with E-state index >= 15 is 0 Å². The molecule has 5 heteroatoms. The number of carbonyl (C=O) groups is 2. The quantitative estimate of drug-likeness (QED) is 0.810. The van der Waals surface area contributed by atoms with Gasteiger partial charge in [-0.15, -0.1) is 0 Å². The van der Waals surface area contributed by atoms with Crippen LogP contribution in [0.3, 0.4) is 0 Å². The Labute approximate surface area is 125 Å². The van der Waals surface area contributed by atoms with Gasteiger partial charge in [-0.1, -0.05) is 6.07 Å². The molecule has 0 spiro atoms. The van der Waals surface area contributed by atoms with Gasteiger partial charge in [0.1, 0.15) is 0 Å². The van der Waals surface area contributed by atoms with Gasteiger partial charge in [0.25, 0.3) is 0 Å². The summed E-state index contributed by atoms with van der Waals surface area (Å²) in [5.41, 5.74) is 2.84. The first kappa shape index (κ1) is 15.5. The number of hydrogen-bond donors (Lipinski definition) is 2. The molecule has 1 aromatic carbocycles. The summed E-state index contributed by atoms with van der Waals surface area (Å²) in [7, 11) is 0. The predicted octanol–water partition coefficient (Wildman–Crippen LogP) is 1.47. The van der Waals surface area contributed by atoms with E-state index in [1.54, 1.807) is 6.07 Å². The molecule has 0 aromatic heterocycles. The van der Waals surface area contributed by atoms with E-state index in [-0.39, 0.29) is 12.5 Å². The molecule has 5 nitrogen and oxygen atoms in total. The van der Waals surface area contributed by atoms with Crippen molar-refractivity contribution in [1.29, 1.82) is 0 Å². The lowest BCUT2D eigenvalue weighted by molar-refractivity contribution is -0.144. The lowest BCUT2D eigenvalue weighted by Gasteiger charge is -2.31. The Morgan fingerprint density at radius 1 is 1.33 bits per heavy atom. The summed E-state index contributed by atoms with van der Waals surface area (Å²) >= 11 is 0. The Hall–Kier alpha value is -1.88. The lowest BCUT2D eigenvalue weighted by atomic mass is 9.99. The van der Waals surface area contributed by atoms with Gasteiger partial charge in [-0.2, -0.15) is 0 Å². The number of amides is 2. The zero-order valence-electron chi connectivity index (χ0n) is 12.6. The third kappa shape index (κ3) is 3.82. The van der Waals surface area contributed by atoms with Crippen LogP contribution in [-0.2, 0) is 9.59 Å². The van der Waals surface area contributed by atoms with Crippen LogP contribution in [0.4, 0.5) is 5.69 Å². The van der Waals surface area contributed by atoms with Gasteiger partial charge in [-0.05, 0) is 55.9 Å². The van der Waals surface area contributed by atoms with Crippen LogP contribution in [0.2, 0.25) is 0 Å². The van der Waals surface area contributed by atoms with Crippen LogP contribution in [0.1, 0.15) is 24.0 Å². The molecule has 1 unspecified atom stereocenters. The molecule has 114 valence electrons. The number of aryl methyl sites for hydroxylation is 2. The number of aliphatic hydroxyl groups excluding tert-OH is 1. The highest BCUT2D eigenvalue weighted by atomic mass is 16.3. The maximum atomic E-state index is 12.1. The summed E-state index contributed by atoms with van der Waals surface area (Å²) in [6.07, 6.45) is 1.73. The molecule has 0 saturated carbocycles. The van der Waals surface area contributed by atoms with Crippen molar-refractivity contribution in [3.05, 3.63) is 29.3 Å². The highest BCUT2D eigenvalue weighted by Gasteiger charge is 2.27. The van der Waals surface area contributed by atoms with Gasteiger partial charge in [-0.25, -0.2) is 0 Å². The van der Waals surface area contributed by atoms with Crippen molar-refractivity contribution in [1.82, 2.24) is 4.90 Å². The molecule has 1 aliphatic heterocycles. The number of likely N-dealkylation sites (tertiary alicyclic amines) is 1. The van der Waals surface area contributed by atoms with Crippen LogP contribution < -0.4 is 5.32 Å². The Balaban J connectivity index is 1.99. The summed E-state index contributed by atoms with van der Waals surface area (Å²) in [6.45, 7) is 5.05. The molecular weight excluding hydrogens is 268 g/mol. The summed E-state index contributed by atoms with van der Waals surface area (Å²) in [5, 5.41) is 11.8. The molecule has 1 aromatic rings. The van der Waals surface area contributed by atoms with E-state index in [1.807, 2.05) is 26.0 Å². The van der Waals surface area contributed by atoms with Gasteiger partial charge in [0.05, 0.1) is 0 Å². The highest BCUT2D eigenvalue weighted by Crippen LogP contribution is 2.17. The van der Waals surface area contributed by atoms with E-state index in [4.69, 9.17) is 0 Å². The van der Waals surface area contributed by atoms with Gasteiger partial charge in [-0.3, -0.25) is 9.59 Å². The van der Waals surface area contributed by atoms with Gasteiger partial charge in [0, 0.05) is 25.4 Å². The van der Waals surface area contributed by atoms with Gasteiger partial charge >= 0.3 is 11.8 Å². The molecule has 2 rings (SSSR count). The van der Waals surface area contributed by atoms with Crippen molar-refractivity contribution < 1.29 is 14.7 Å². The van der Waals surface area contributed by atoms with E-state index in [9.17, 15) is 14.7 Å². The zero-order valence-corrected chi connectivity index (χ0v) is 12.6. The average Bonchev–Trinajstić information content (AvgIpc) is 2.50. The van der Waals surface area contributed by atoms with Crippen molar-refractivity contribution in [3.8, 4) is 0 Å². The molecule has 1 atom stereocenters. The fourth-order valence-corrected chi connectivity index (χ4v) is 2.55. The first-order chi connectivity index (χ1) is 10.0. The highest BCUT2D eigenvalue weighted by molar-refractivity contribution is 6.39. The van der Waals surface area contributed by atoms with Gasteiger partial charge in [0.15, 0.2) is 0 Å². The molecule has 2 amide bonds. The second-order valence-corrected chi connectivity index (χ2v) is 5.70. The third-order valence-corrected chi connectivity index (χ3v) is 4.02. The number of anilines is 1. The second kappa shape index (κ2) is 6.72. The van der Waals surface area contributed by atoms with Crippen molar-refractivity contribution >= 4 is 17.5 Å². The van der Waals surface area contributed by atoms with Crippen LogP contribution in [0.15, 0.2) is 18.2 Å².